The third kappa shape index (κ3) is 4.10. The lowest BCUT2D eigenvalue weighted by atomic mass is 9.90. The number of amides is 1. The number of piperidine rings is 2. The second-order valence-electron chi connectivity index (χ2n) is 6.79. The molecule has 0 bridgehead atoms. The van der Waals surface area contributed by atoms with E-state index in [2.05, 4.69) is 5.32 Å². The van der Waals surface area contributed by atoms with Crippen LogP contribution in [0.1, 0.15) is 59.3 Å². The van der Waals surface area contributed by atoms with Gasteiger partial charge in [-0.15, -0.1) is 0 Å². The van der Waals surface area contributed by atoms with Crippen molar-refractivity contribution >= 4 is 6.09 Å². The molecule has 2 unspecified atom stereocenters. The lowest BCUT2D eigenvalue weighted by Crippen LogP contribution is -2.56. The van der Waals surface area contributed by atoms with Crippen molar-refractivity contribution in [2.75, 3.05) is 13.1 Å². The molecule has 2 aliphatic heterocycles. The number of ether oxygens (including phenoxy) is 1. The fourth-order valence-corrected chi connectivity index (χ4v) is 3.13. The van der Waals surface area contributed by atoms with Crippen molar-refractivity contribution in [1.29, 1.82) is 0 Å². The Hall–Kier alpha value is -0.770. The summed E-state index contributed by atoms with van der Waals surface area (Å²) < 4.78 is 5.56. The van der Waals surface area contributed by atoms with E-state index in [1.807, 2.05) is 25.7 Å². The third-order valence-corrected chi connectivity index (χ3v) is 3.99. The number of rotatable bonds is 1. The fraction of sp³-hybridized carbons (Fsp3) is 0.933. The van der Waals surface area contributed by atoms with Crippen LogP contribution in [0.2, 0.25) is 0 Å². The van der Waals surface area contributed by atoms with Crippen LogP contribution in [0.4, 0.5) is 4.79 Å². The number of likely N-dealkylation sites (tertiary alicyclic amines) is 1. The zero-order valence-electron chi connectivity index (χ0n) is 12.6. The maximum atomic E-state index is 12.3. The molecular weight excluding hydrogens is 240 g/mol. The molecule has 0 aromatic carbocycles. The first-order valence-corrected chi connectivity index (χ1v) is 7.70. The van der Waals surface area contributed by atoms with Gasteiger partial charge in [0.25, 0.3) is 0 Å². The van der Waals surface area contributed by atoms with Crippen molar-refractivity contribution < 1.29 is 9.53 Å². The van der Waals surface area contributed by atoms with E-state index in [-0.39, 0.29) is 6.09 Å². The average molecular weight is 268 g/mol. The Morgan fingerprint density at radius 3 is 2.53 bits per heavy atom. The van der Waals surface area contributed by atoms with Crippen LogP contribution in [0.3, 0.4) is 0 Å². The molecule has 0 radical (unpaired) electrons. The maximum absolute atomic E-state index is 12.3. The van der Waals surface area contributed by atoms with Crippen molar-refractivity contribution in [3.8, 4) is 0 Å². The van der Waals surface area contributed by atoms with E-state index in [1.54, 1.807) is 0 Å². The van der Waals surface area contributed by atoms with E-state index in [4.69, 9.17) is 4.74 Å². The average Bonchev–Trinajstić information content (AvgIpc) is 2.38. The Bertz CT molecular complexity index is 306. The second kappa shape index (κ2) is 6.12. The molecule has 1 amide bonds. The first-order valence-electron chi connectivity index (χ1n) is 7.70. The Kier molecular flexibility index (Phi) is 4.71. The molecule has 2 rings (SSSR count). The zero-order valence-corrected chi connectivity index (χ0v) is 12.6. The summed E-state index contributed by atoms with van der Waals surface area (Å²) in [5, 5.41) is 3.59. The van der Waals surface area contributed by atoms with E-state index >= 15 is 0 Å². The van der Waals surface area contributed by atoms with Gasteiger partial charge in [-0.05, 0) is 59.4 Å². The van der Waals surface area contributed by atoms with Gasteiger partial charge >= 0.3 is 6.09 Å². The summed E-state index contributed by atoms with van der Waals surface area (Å²) in [6.07, 6.45) is 7.02. The summed E-state index contributed by atoms with van der Waals surface area (Å²) in [6.45, 7) is 7.73. The van der Waals surface area contributed by atoms with E-state index in [0.717, 1.165) is 25.9 Å². The Balaban J connectivity index is 2.00. The third-order valence-electron chi connectivity index (χ3n) is 3.99. The van der Waals surface area contributed by atoms with E-state index in [1.165, 1.54) is 25.7 Å². The zero-order chi connectivity index (χ0) is 13.9. The number of carbonyl (C=O) groups excluding carboxylic acids is 1. The standard InChI is InChI=1S/C15H28N2O2/c1-15(2,3)19-14(18)17-11-7-5-9-13(17)12-8-4-6-10-16-12/h12-13,16H,4-11H2,1-3H3. The minimum absolute atomic E-state index is 0.135. The van der Waals surface area contributed by atoms with Crippen LogP contribution in [0, 0.1) is 0 Å². The molecule has 0 saturated carbocycles. The predicted octanol–water partition coefficient (Wildman–Crippen LogP) is 2.92. The van der Waals surface area contributed by atoms with Crippen molar-refractivity contribution in [2.45, 2.75) is 77.0 Å². The molecule has 2 heterocycles. The highest BCUT2D eigenvalue weighted by atomic mass is 16.6. The van der Waals surface area contributed by atoms with Crippen LogP contribution in [0.5, 0.6) is 0 Å². The highest BCUT2D eigenvalue weighted by Gasteiger charge is 2.35. The summed E-state index contributed by atoms with van der Waals surface area (Å²) >= 11 is 0. The lowest BCUT2D eigenvalue weighted by Gasteiger charge is -2.42. The second-order valence-corrected chi connectivity index (χ2v) is 6.79. The summed E-state index contributed by atoms with van der Waals surface area (Å²) in [5.41, 5.74) is -0.404. The van der Waals surface area contributed by atoms with Gasteiger partial charge in [-0.1, -0.05) is 6.42 Å². The van der Waals surface area contributed by atoms with Crippen molar-refractivity contribution in [2.24, 2.45) is 0 Å². The maximum Gasteiger partial charge on any atom is 0.410 e. The van der Waals surface area contributed by atoms with Gasteiger partial charge in [0.05, 0.1) is 6.04 Å². The van der Waals surface area contributed by atoms with Gasteiger partial charge in [0, 0.05) is 12.6 Å². The van der Waals surface area contributed by atoms with Gasteiger partial charge in [-0.3, -0.25) is 0 Å². The molecular formula is C15H28N2O2. The smallest absolute Gasteiger partial charge is 0.410 e. The molecule has 0 aliphatic carbocycles. The van der Waals surface area contributed by atoms with Crippen LogP contribution < -0.4 is 5.32 Å². The number of nitrogens with one attached hydrogen (secondary N) is 1. The number of hydrogen-bond acceptors (Lipinski definition) is 3. The van der Waals surface area contributed by atoms with Gasteiger partial charge in [0.2, 0.25) is 0 Å². The molecule has 4 heteroatoms. The normalized spacial score (nSPS) is 29.1. The van der Waals surface area contributed by atoms with Gasteiger partial charge in [-0.2, -0.15) is 0 Å². The van der Waals surface area contributed by atoms with Crippen LogP contribution >= 0.6 is 0 Å². The van der Waals surface area contributed by atoms with E-state index < -0.39 is 5.60 Å². The van der Waals surface area contributed by atoms with Gasteiger partial charge in [0.1, 0.15) is 5.60 Å². The fourth-order valence-electron chi connectivity index (χ4n) is 3.13. The molecule has 4 nitrogen and oxygen atoms in total. The van der Waals surface area contributed by atoms with E-state index in [9.17, 15) is 4.79 Å². The molecule has 2 saturated heterocycles. The molecule has 2 aliphatic rings. The van der Waals surface area contributed by atoms with Gasteiger partial charge in [-0.25, -0.2) is 4.79 Å². The Labute approximate surface area is 116 Å². The SMILES string of the molecule is CC(C)(C)OC(=O)N1CCCCC1C1CCCCN1. The number of nitrogens with zero attached hydrogens (tertiary/aromatic N) is 1. The molecule has 110 valence electrons. The molecule has 2 atom stereocenters. The number of carbonyl (C=O) groups is 1. The molecule has 0 aromatic rings. The molecule has 0 spiro atoms. The van der Waals surface area contributed by atoms with Gasteiger partial charge in [0.15, 0.2) is 0 Å². The largest absolute Gasteiger partial charge is 0.444 e. The van der Waals surface area contributed by atoms with Crippen LogP contribution in [0.15, 0.2) is 0 Å². The Morgan fingerprint density at radius 1 is 1.16 bits per heavy atom. The van der Waals surface area contributed by atoms with Gasteiger partial charge < -0.3 is 15.0 Å². The summed E-state index contributed by atoms with van der Waals surface area (Å²) in [4.78, 5) is 14.3. The van der Waals surface area contributed by atoms with E-state index in [0.29, 0.717) is 12.1 Å². The first-order chi connectivity index (χ1) is 8.97. The van der Waals surface area contributed by atoms with Crippen LogP contribution in [-0.2, 0) is 4.74 Å². The van der Waals surface area contributed by atoms with Crippen molar-refractivity contribution in [3.05, 3.63) is 0 Å². The molecule has 0 aromatic heterocycles. The summed E-state index contributed by atoms with van der Waals surface area (Å²) in [5.74, 6) is 0. The van der Waals surface area contributed by atoms with Crippen LogP contribution in [0.25, 0.3) is 0 Å². The monoisotopic (exact) mass is 268 g/mol. The van der Waals surface area contributed by atoms with Crippen molar-refractivity contribution in [1.82, 2.24) is 10.2 Å². The molecule has 19 heavy (non-hydrogen) atoms. The summed E-state index contributed by atoms with van der Waals surface area (Å²) in [6, 6.07) is 0.783. The topological polar surface area (TPSA) is 41.6 Å². The quantitative estimate of drug-likeness (QED) is 0.795. The summed E-state index contributed by atoms with van der Waals surface area (Å²) in [7, 11) is 0. The predicted molar refractivity (Wildman–Crippen MR) is 76.2 cm³/mol. The Morgan fingerprint density at radius 2 is 1.89 bits per heavy atom. The number of hydrogen-bond donors (Lipinski definition) is 1. The highest BCUT2D eigenvalue weighted by molar-refractivity contribution is 5.68. The first kappa shape index (κ1) is 14.6. The lowest BCUT2D eigenvalue weighted by molar-refractivity contribution is 0.00330. The van der Waals surface area contributed by atoms with Crippen molar-refractivity contribution in [3.63, 3.8) is 0 Å². The minimum Gasteiger partial charge on any atom is -0.444 e. The van der Waals surface area contributed by atoms with Crippen LogP contribution in [-0.4, -0.2) is 41.8 Å². The molecule has 2 fully saturated rings. The minimum atomic E-state index is -0.404. The molecule has 1 N–H and O–H groups in total. The highest BCUT2D eigenvalue weighted by Crippen LogP contribution is 2.25.